The van der Waals surface area contributed by atoms with Gasteiger partial charge in [0.1, 0.15) is 0 Å². The number of carbonyl (C=O) groups is 1. The Kier molecular flexibility index (Phi) is 7.19. The van der Waals surface area contributed by atoms with Gasteiger partial charge in [-0.2, -0.15) is 0 Å². The van der Waals surface area contributed by atoms with Crippen LogP contribution in [0.15, 0.2) is 0 Å². The maximum Gasteiger partial charge on any atom is 0.222 e. The van der Waals surface area contributed by atoms with E-state index in [4.69, 9.17) is 0 Å². The van der Waals surface area contributed by atoms with E-state index < -0.39 is 0 Å². The fraction of sp³-hybridized carbons (Fsp3) is 0.944. The summed E-state index contributed by atoms with van der Waals surface area (Å²) >= 11 is 0. The molecule has 0 aromatic carbocycles. The molecule has 1 atom stereocenters. The maximum atomic E-state index is 12.2. The summed E-state index contributed by atoms with van der Waals surface area (Å²) in [5.74, 6) is 1.89. The highest BCUT2D eigenvalue weighted by Crippen LogP contribution is 2.19. The third-order valence-corrected chi connectivity index (χ3v) is 5.02. The second-order valence-corrected chi connectivity index (χ2v) is 8.01. The first-order valence-electron chi connectivity index (χ1n) is 8.74. The van der Waals surface area contributed by atoms with E-state index in [9.17, 15) is 4.79 Å². The van der Waals surface area contributed by atoms with Crippen LogP contribution in [0.25, 0.3) is 0 Å². The van der Waals surface area contributed by atoms with E-state index in [1.807, 2.05) is 0 Å². The molecule has 0 bridgehead atoms. The zero-order valence-electron chi connectivity index (χ0n) is 15.1. The molecular weight excluding hydrogens is 260 g/mol. The number of hydrogen-bond donors (Lipinski definition) is 0. The number of carbonyl (C=O) groups excluding carboxylic acids is 1. The van der Waals surface area contributed by atoms with E-state index in [0.717, 1.165) is 50.9 Å². The predicted molar refractivity (Wildman–Crippen MR) is 90.4 cm³/mol. The van der Waals surface area contributed by atoms with Crippen molar-refractivity contribution in [1.82, 2.24) is 9.80 Å². The van der Waals surface area contributed by atoms with Crippen molar-refractivity contribution in [3.05, 3.63) is 0 Å². The molecule has 3 heteroatoms. The lowest BCUT2D eigenvalue weighted by molar-refractivity contribution is -0.133. The van der Waals surface area contributed by atoms with Crippen LogP contribution in [0.4, 0.5) is 0 Å². The topological polar surface area (TPSA) is 23.6 Å². The Labute approximate surface area is 132 Å². The fourth-order valence-corrected chi connectivity index (χ4v) is 2.86. The molecule has 124 valence electrons. The molecule has 1 fully saturated rings. The van der Waals surface area contributed by atoms with Gasteiger partial charge in [0.05, 0.1) is 0 Å². The second kappa shape index (κ2) is 8.17. The highest BCUT2D eigenvalue weighted by atomic mass is 16.2. The monoisotopic (exact) mass is 296 g/mol. The molecule has 1 aliphatic rings. The van der Waals surface area contributed by atoms with Crippen molar-refractivity contribution >= 4 is 5.91 Å². The van der Waals surface area contributed by atoms with Gasteiger partial charge in [-0.25, -0.2) is 0 Å². The van der Waals surface area contributed by atoms with Crippen molar-refractivity contribution in [2.24, 2.45) is 11.8 Å². The molecular formula is C18H36N2O. The molecule has 0 aromatic heterocycles. The smallest absolute Gasteiger partial charge is 0.222 e. The van der Waals surface area contributed by atoms with Gasteiger partial charge in [-0.3, -0.25) is 9.69 Å². The van der Waals surface area contributed by atoms with Crippen molar-refractivity contribution in [1.29, 1.82) is 0 Å². The largest absolute Gasteiger partial charge is 0.340 e. The van der Waals surface area contributed by atoms with Gasteiger partial charge in [0, 0.05) is 38.1 Å². The molecule has 1 heterocycles. The number of nitrogens with zero attached hydrogens (tertiary/aromatic N) is 2. The highest BCUT2D eigenvalue weighted by molar-refractivity contribution is 5.76. The van der Waals surface area contributed by atoms with Crippen molar-refractivity contribution in [2.45, 2.75) is 72.8 Å². The molecule has 1 rings (SSSR count). The van der Waals surface area contributed by atoms with E-state index in [2.05, 4.69) is 51.3 Å². The molecule has 0 N–H and O–H groups in total. The maximum absolute atomic E-state index is 12.2. The lowest BCUT2D eigenvalue weighted by Crippen LogP contribution is -2.54. The van der Waals surface area contributed by atoms with E-state index in [-0.39, 0.29) is 5.54 Å². The van der Waals surface area contributed by atoms with Crippen molar-refractivity contribution in [3.8, 4) is 0 Å². The van der Waals surface area contributed by atoms with Crippen LogP contribution in [0.3, 0.4) is 0 Å². The van der Waals surface area contributed by atoms with Crippen LogP contribution >= 0.6 is 0 Å². The van der Waals surface area contributed by atoms with Crippen LogP contribution in [0.5, 0.6) is 0 Å². The molecule has 0 aliphatic carbocycles. The summed E-state index contributed by atoms with van der Waals surface area (Å²) in [7, 11) is 0. The molecule has 21 heavy (non-hydrogen) atoms. The SMILES string of the molecule is CC(C)[C@H](C)CCCCC(=O)N1CCN(C(C)(C)C)CC1. The Morgan fingerprint density at radius 1 is 1.00 bits per heavy atom. The zero-order valence-corrected chi connectivity index (χ0v) is 15.1. The Morgan fingerprint density at radius 2 is 1.57 bits per heavy atom. The molecule has 1 aliphatic heterocycles. The van der Waals surface area contributed by atoms with E-state index >= 15 is 0 Å². The van der Waals surface area contributed by atoms with Gasteiger partial charge >= 0.3 is 0 Å². The highest BCUT2D eigenvalue weighted by Gasteiger charge is 2.27. The molecule has 0 unspecified atom stereocenters. The van der Waals surface area contributed by atoms with Crippen LogP contribution in [0, 0.1) is 11.8 Å². The minimum Gasteiger partial charge on any atom is -0.340 e. The average molecular weight is 296 g/mol. The number of rotatable bonds is 6. The first kappa shape index (κ1) is 18.5. The number of unbranched alkanes of at least 4 members (excludes halogenated alkanes) is 1. The first-order valence-corrected chi connectivity index (χ1v) is 8.74. The summed E-state index contributed by atoms with van der Waals surface area (Å²) in [4.78, 5) is 16.8. The fourth-order valence-electron chi connectivity index (χ4n) is 2.86. The van der Waals surface area contributed by atoms with Crippen LogP contribution in [0.2, 0.25) is 0 Å². The van der Waals surface area contributed by atoms with Gasteiger partial charge in [-0.15, -0.1) is 0 Å². The van der Waals surface area contributed by atoms with Crippen LogP contribution in [-0.4, -0.2) is 47.4 Å². The molecule has 1 saturated heterocycles. The summed E-state index contributed by atoms with van der Waals surface area (Å²) in [6, 6.07) is 0. The second-order valence-electron chi connectivity index (χ2n) is 8.01. The number of hydrogen-bond acceptors (Lipinski definition) is 2. The normalized spacial score (nSPS) is 19.1. The molecule has 0 aromatic rings. The summed E-state index contributed by atoms with van der Waals surface area (Å²) in [6.07, 6.45) is 4.23. The molecule has 1 amide bonds. The number of amides is 1. The van der Waals surface area contributed by atoms with Gasteiger partial charge in [0.15, 0.2) is 0 Å². The third kappa shape index (κ3) is 6.37. The molecule has 3 nitrogen and oxygen atoms in total. The van der Waals surface area contributed by atoms with Gasteiger partial charge in [-0.05, 0) is 39.0 Å². The van der Waals surface area contributed by atoms with Gasteiger partial charge in [0.2, 0.25) is 5.91 Å². The number of piperazine rings is 1. The van der Waals surface area contributed by atoms with Crippen LogP contribution < -0.4 is 0 Å². The Balaban J connectivity index is 2.20. The molecule has 0 spiro atoms. The Morgan fingerprint density at radius 3 is 2.05 bits per heavy atom. The molecule has 0 saturated carbocycles. The van der Waals surface area contributed by atoms with Crippen molar-refractivity contribution in [3.63, 3.8) is 0 Å². The summed E-state index contributed by atoms with van der Waals surface area (Å²) in [5, 5.41) is 0. The summed E-state index contributed by atoms with van der Waals surface area (Å²) < 4.78 is 0. The predicted octanol–water partition coefficient (Wildman–Crippen LogP) is 3.78. The van der Waals surface area contributed by atoms with Gasteiger partial charge in [-0.1, -0.05) is 33.6 Å². The summed E-state index contributed by atoms with van der Waals surface area (Å²) in [5.41, 5.74) is 0.224. The van der Waals surface area contributed by atoms with E-state index in [1.165, 1.54) is 12.8 Å². The third-order valence-electron chi connectivity index (χ3n) is 5.02. The Hall–Kier alpha value is -0.570. The zero-order chi connectivity index (χ0) is 16.0. The lowest BCUT2D eigenvalue weighted by atomic mass is 9.92. The van der Waals surface area contributed by atoms with Gasteiger partial charge < -0.3 is 4.90 Å². The van der Waals surface area contributed by atoms with E-state index in [1.54, 1.807) is 0 Å². The van der Waals surface area contributed by atoms with Crippen LogP contribution in [-0.2, 0) is 4.79 Å². The minimum absolute atomic E-state index is 0.224. The van der Waals surface area contributed by atoms with Crippen molar-refractivity contribution in [2.75, 3.05) is 26.2 Å². The van der Waals surface area contributed by atoms with Crippen LogP contribution in [0.1, 0.15) is 67.2 Å². The quantitative estimate of drug-likeness (QED) is 0.696. The summed E-state index contributed by atoms with van der Waals surface area (Å²) in [6.45, 7) is 17.5. The lowest BCUT2D eigenvalue weighted by Gasteiger charge is -2.42. The standard InChI is InChI=1S/C18H36N2O/c1-15(2)16(3)9-7-8-10-17(21)19-11-13-20(14-12-19)18(4,5)6/h15-16H,7-14H2,1-6H3/t16-/m1/s1. The minimum atomic E-state index is 0.224. The average Bonchev–Trinajstić information content (AvgIpc) is 2.42. The Bertz CT molecular complexity index is 312. The van der Waals surface area contributed by atoms with Crippen molar-refractivity contribution < 1.29 is 4.79 Å². The van der Waals surface area contributed by atoms with E-state index in [0.29, 0.717) is 5.91 Å². The molecule has 0 radical (unpaired) electrons. The first-order chi connectivity index (χ1) is 9.71. The van der Waals surface area contributed by atoms with Gasteiger partial charge in [0.25, 0.3) is 0 Å².